The molecule has 0 spiro atoms. The minimum Gasteiger partial charge on any atom is -0.383 e. The molecule has 0 aliphatic carbocycles. The number of methoxy groups -OCH3 is 1. The van der Waals surface area contributed by atoms with Crippen molar-refractivity contribution in [2.45, 2.75) is 25.8 Å². The Morgan fingerprint density at radius 2 is 2.23 bits per heavy atom. The van der Waals surface area contributed by atoms with E-state index in [4.69, 9.17) is 10.5 Å². The Kier molecular flexibility index (Phi) is 3.77. The summed E-state index contributed by atoms with van der Waals surface area (Å²) < 4.78 is 8.89. The first-order chi connectivity index (χ1) is 6.16. The third kappa shape index (κ3) is 2.46. The smallest absolute Gasteiger partial charge is 0.0829 e. The van der Waals surface area contributed by atoms with Crippen LogP contribution in [0.25, 0.3) is 0 Å². The number of ether oxygens (including phenoxy) is 1. The maximum atomic E-state index is 5.89. The lowest BCUT2D eigenvalue weighted by atomic mass is 10.1. The summed E-state index contributed by atoms with van der Waals surface area (Å²) in [4.78, 5) is 1.04. The molecular formula is C8H15N3OS. The first-order valence-corrected chi connectivity index (χ1v) is 5.00. The van der Waals surface area contributed by atoms with Crippen molar-refractivity contribution in [3.63, 3.8) is 0 Å². The molecule has 1 aromatic heterocycles. The van der Waals surface area contributed by atoms with E-state index in [1.807, 2.05) is 0 Å². The molecule has 0 amide bonds. The van der Waals surface area contributed by atoms with Gasteiger partial charge in [-0.1, -0.05) is 18.3 Å². The largest absolute Gasteiger partial charge is 0.383 e. The minimum atomic E-state index is -0.0950. The highest BCUT2D eigenvalue weighted by molar-refractivity contribution is 7.05. The predicted molar refractivity (Wildman–Crippen MR) is 52.8 cm³/mol. The van der Waals surface area contributed by atoms with Gasteiger partial charge in [-0.3, -0.25) is 0 Å². The zero-order valence-corrected chi connectivity index (χ0v) is 8.97. The summed E-state index contributed by atoms with van der Waals surface area (Å²) in [5.74, 6) is 0.372. The first-order valence-electron chi connectivity index (χ1n) is 4.23. The minimum absolute atomic E-state index is 0.0950. The van der Waals surface area contributed by atoms with Crippen LogP contribution in [0.5, 0.6) is 0 Å². The molecule has 74 valence electrons. The van der Waals surface area contributed by atoms with Crippen molar-refractivity contribution >= 4 is 11.5 Å². The van der Waals surface area contributed by atoms with Crippen LogP contribution in [0.2, 0.25) is 0 Å². The summed E-state index contributed by atoms with van der Waals surface area (Å²) in [6.45, 7) is 4.68. The predicted octanol–water partition coefficient (Wildman–Crippen LogP) is 1.31. The summed E-state index contributed by atoms with van der Waals surface area (Å²) in [6.07, 6.45) is 0. The van der Waals surface area contributed by atoms with Crippen LogP contribution in [0.1, 0.15) is 36.4 Å². The van der Waals surface area contributed by atoms with Crippen molar-refractivity contribution in [3.05, 3.63) is 10.6 Å². The van der Waals surface area contributed by atoms with E-state index in [-0.39, 0.29) is 6.04 Å². The summed E-state index contributed by atoms with van der Waals surface area (Å²) in [7, 11) is 1.64. The molecule has 5 heteroatoms. The van der Waals surface area contributed by atoms with Gasteiger partial charge in [-0.2, -0.15) is 0 Å². The van der Waals surface area contributed by atoms with Crippen LogP contribution in [-0.4, -0.2) is 23.3 Å². The lowest BCUT2D eigenvalue weighted by Gasteiger charge is -2.10. The van der Waals surface area contributed by atoms with E-state index >= 15 is 0 Å². The van der Waals surface area contributed by atoms with Crippen LogP contribution in [-0.2, 0) is 4.74 Å². The van der Waals surface area contributed by atoms with Gasteiger partial charge in [-0.15, -0.1) is 5.10 Å². The lowest BCUT2D eigenvalue weighted by Crippen LogP contribution is -2.16. The highest BCUT2D eigenvalue weighted by atomic mass is 32.1. The van der Waals surface area contributed by atoms with E-state index in [9.17, 15) is 0 Å². The summed E-state index contributed by atoms with van der Waals surface area (Å²) >= 11 is 1.36. The Labute approximate surface area is 82.3 Å². The van der Waals surface area contributed by atoms with Crippen molar-refractivity contribution in [1.82, 2.24) is 9.59 Å². The van der Waals surface area contributed by atoms with Crippen LogP contribution >= 0.6 is 11.5 Å². The van der Waals surface area contributed by atoms with Crippen molar-refractivity contribution in [2.75, 3.05) is 13.7 Å². The molecule has 0 fully saturated rings. The molecule has 0 radical (unpaired) electrons. The van der Waals surface area contributed by atoms with E-state index in [1.54, 1.807) is 7.11 Å². The van der Waals surface area contributed by atoms with Crippen LogP contribution in [0.3, 0.4) is 0 Å². The van der Waals surface area contributed by atoms with E-state index in [1.165, 1.54) is 11.5 Å². The average molecular weight is 201 g/mol. The summed E-state index contributed by atoms with van der Waals surface area (Å²) in [6, 6.07) is -0.0950. The molecule has 0 aromatic carbocycles. The van der Waals surface area contributed by atoms with Gasteiger partial charge in [0.15, 0.2) is 0 Å². The quantitative estimate of drug-likeness (QED) is 0.797. The fourth-order valence-corrected chi connectivity index (χ4v) is 1.91. The maximum absolute atomic E-state index is 5.89. The number of aromatic nitrogens is 2. The molecule has 0 saturated carbocycles. The van der Waals surface area contributed by atoms with E-state index < -0.39 is 0 Å². The number of nitrogens with two attached hydrogens (primary N) is 1. The molecule has 1 unspecified atom stereocenters. The third-order valence-electron chi connectivity index (χ3n) is 1.77. The van der Waals surface area contributed by atoms with E-state index in [2.05, 4.69) is 23.4 Å². The zero-order chi connectivity index (χ0) is 9.84. The highest BCUT2D eigenvalue weighted by Gasteiger charge is 2.17. The second-order valence-electron chi connectivity index (χ2n) is 3.24. The second kappa shape index (κ2) is 4.64. The van der Waals surface area contributed by atoms with Gasteiger partial charge in [0.1, 0.15) is 0 Å². The molecular weight excluding hydrogens is 186 g/mol. The Hall–Kier alpha value is -0.520. The Morgan fingerprint density at radius 1 is 1.54 bits per heavy atom. The van der Waals surface area contributed by atoms with Gasteiger partial charge >= 0.3 is 0 Å². The van der Waals surface area contributed by atoms with Crippen LogP contribution < -0.4 is 5.73 Å². The van der Waals surface area contributed by atoms with Crippen molar-refractivity contribution in [1.29, 1.82) is 0 Å². The van der Waals surface area contributed by atoms with Crippen molar-refractivity contribution < 1.29 is 4.74 Å². The van der Waals surface area contributed by atoms with Crippen molar-refractivity contribution in [3.8, 4) is 0 Å². The van der Waals surface area contributed by atoms with E-state index in [0.717, 1.165) is 10.6 Å². The Balaban J connectivity index is 2.80. The second-order valence-corrected chi connectivity index (χ2v) is 4.02. The Morgan fingerprint density at radius 3 is 2.77 bits per heavy atom. The number of hydrogen-bond donors (Lipinski definition) is 1. The summed E-state index contributed by atoms with van der Waals surface area (Å²) in [5.41, 5.74) is 6.89. The van der Waals surface area contributed by atoms with Gasteiger partial charge in [0, 0.05) is 7.11 Å². The molecule has 1 heterocycles. The fourth-order valence-electron chi connectivity index (χ4n) is 1.12. The molecule has 4 nitrogen and oxygen atoms in total. The van der Waals surface area contributed by atoms with Crippen LogP contribution in [0.15, 0.2) is 0 Å². The molecule has 0 saturated heterocycles. The van der Waals surface area contributed by atoms with Crippen LogP contribution in [0, 0.1) is 0 Å². The number of hydrogen-bond acceptors (Lipinski definition) is 5. The molecule has 1 rings (SSSR count). The number of nitrogens with zero attached hydrogens (tertiary/aromatic N) is 2. The normalized spacial score (nSPS) is 13.6. The topological polar surface area (TPSA) is 61.0 Å². The molecule has 1 aromatic rings. The third-order valence-corrected chi connectivity index (χ3v) is 2.64. The van der Waals surface area contributed by atoms with Gasteiger partial charge in [0.05, 0.1) is 23.2 Å². The molecule has 13 heavy (non-hydrogen) atoms. The van der Waals surface area contributed by atoms with Crippen molar-refractivity contribution in [2.24, 2.45) is 5.73 Å². The molecule has 0 bridgehead atoms. The standard InChI is InChI=1S/C8H15N3OS/c1-5(2)7-8(13-11-10-7)6(9)4-12-3/h5-6H,4,9H2,1-3H3. The summed E-state index contributed by atoms with van der Waals surface area (Å²) in [5, 5.41) is 4.05. The van der Waals surface area contributed by atoms with Crippen LogP contribution in [0.4, 0.5) is 0 Å². The average Bonchev–Trinajstić information content (AvgIpc) is 2.52. The van der Waals surface area contributed by atoms with Gasteiger partial charge in [-0.25, -0.2) is 0 Å². The molecule has 0 aliphatic heterocycles. The molecule has 2 N–H and O–H groups in total. The fraction of sp³-hybridized carbons (Fsp3) is 0.750. The van der Waals surface area contributed by atoms with Gasteiger partial charge in [-0.05, 0) is 17.5 Å². The van der Waals surface area contributed by atoms with Gasteiger partial charge in [0.2, 0.25) is 0 Å². The maximum Gasteiger partial charge on any atom is 0.0829 e. The van der Waals surface area contributed by atoms with Gasteiger partial charge in [0.25, 0.3) is 0 Å². The Bertz CT molecular complexity index is 262. The highest BCUT2D eigenvalue weighted by Crippen LogP contribution is 2.24. The molecule has 0 aliphatic rings. The first kappa shape index (κ1) is 10.6. The lowest BCUT2D eigenvalue weighted by molar-refractivity contribution is 0.181. The zero-order valence-electron chi connectivity index (χ0n) is 8.15. The SMILES string of the molecule is COCC(N)c1snnc1C(C)C. The number of rotatable bonds is 4. The van der Waals surface area contributed by atoms with E-state index in [0.29, 0.717) is 12.5 Å². The molecule has 1 atom stereocenters. The van der Waals surface area contributed by atoms with Gasteiger partial charge < -0.3 is 10.5 Å². The monoisotopic (exact) mass is 201 g/mol.